The van der Waals surface area contributed by atoms with Gasteiger partial charge in [-0.2, -0.15) is 5.10 Å². The highest BCUT2D eigenvalue weighted by Gasteiger charge is 2.25. The first-order chi connectivity index (χ1) is 12.1. The van der Waals surface area contributed by atoms with Gasteiger partial charge in [0.15, 0.2) is 5.96 Å². The summed E-state index contributed by atoms with van der Waals surface area (Å²) < 4.78 is 8.30. The van der Waals surface area contributed by atoms with E-state index in [2.05, 4.69) is 20.3 Å². The van der Waals surface area contributed by atoms with E-state index in [1.54, 1.807) is 17.8 Å². The summed E-state index contributed by atoms with van der Waals surface area (Å²) in [6.45, 7) is 2.42. The molecule has 0 spiro atoms. The van der Waals surface area contributed by atoms with Crippen LogP contribution in [0.15, 0.2) is 29.5 Å². The van der Waals surface area contributed by atoms with Crippen LogP contribution in [-0.2, 0) is 11.8 Å². The fraction of sp³-hybridized carbons (Fsp3) is 0.500. The largest absolute Gasteiger partial charge is 0.386 e. The monoisotopic (exact) mass is 383 g/mol. The average molecular weight is 384 g/mol. The number of rotatable bonds is 4. The Kier molecular flexibility index (Phi) is 5.95. The minimum Gasteiger partial charge on any atom is -0.386 e. The summed E-state index contributed by atoms with van der Waals surface area (Å²) in [5, 5.41) is 17.7. The number of ether oxygens (including phenoxy) is 1. The lowest BCUT2D eigenvalue weighted by molar-refractivity contribution is -0.00820. The number of thiophene rings is 1. The fourth-order valence-corrected chi connectivity index (χ4v) is 3.82. The molecular weight excluding hydrogens is 362 g/mol. The Hall–Kier alpha value is -1.61. The van der Waals surface area contributed by atoms with Crippen LogP contribution in [0.3, 0.4) is 0 Å². The van der Waals surface area contributed by atoms with Gasteiger partial charge in [-0.3, -0.25) is 9.67 Å². The van der Waals surface area contributed by atoms with Gasteiger partial charge in [-0.25, -0.2) is 0 Å². The minimum absolute atomic E-state index is 0.0398. The Balaban J connectivity index is 1.58. The zero-order valence-electron chi connectivity index (χ0n) is 14.2. The molecule has 7 nitrogen and oxygen atoms in total. The number of aliphatic hydroxyl groups excluding tert-OH is 1. The van der Waals surface area contributed by atoms with Crippen molar-refractivity contribution in [1.29, 1.82) is 0 Å². The molecule has 9 heteroatoms. The first-order valence-electron chi connectivity index (χ1n) is 8.06. The van der Waals surface area contributed by atoms with E-state index >= 15 is 0 Å². The van der Waals surface area contributed by atoms with Crippen molar-refractivity contribution in [3.05, 3.63) is 39.3 Å². The maximum absolute atomic E-state index is 10.3. The van der Waals surface area contributed by atoms with Crippen molar-refractivity contribution in [2.75, 3.05) is 33.3 Å². The third kappa shape index (κ3) is 4.52. The van der Waals surface area contributed by atoms with E-state index in [1.807, 2.05) is 25.5 Å². The van der Waals surface area contributed by atoms with Crippen LogP contribution in [0.5, 0.6) is 0 Å². The molecule has 0 aliphatic carbocycles. The first kappa shape index (κ1) is 18.2. The maximum Gasteiger partial charge on any atom is 0.193 e. The molecule has 2 N–H and O–H groups in total. The Morgan fingerprint density at radius 3 is 3.08 bits per heavy atom. The lowest BCUT2D eigenvalue weighted by Gasteiger charge is -2.35. The predicted octanol–water partition coefficient (Wildman–Crippen LogP) is 1.82. The van der Waals surface area contributed by atoms with Gasteiger partial charge in [0, 0.05) is 43.8 Å². The van der Waals surface area contributed by atoms with E-state index in [0.717, 1.165) is 22.9 Å². The molecule has 3 rings (SSSR count). The van der Waals surface area contributed by atoms with Gasteiger partial charge in [-0.05, 0) is 12.1 Å². The van der Waals surface area contributed by atoms with Crippen molar-refractivity contribution in [1.82, 2.24) is 20.0 Å². The minimum atomic E-state index is -0.621. The second-order valence-corrected chi connectivity index (χ2v) is 7.59. The molecule has 1 aliphatic rings. The van der Waals surface area contributed by atoms with E-state index in [4.69, 9.17) is 16.3 Å². The summed E-state index contributed by atoms with van der Waals surface area (Å²) in [5.41, 5.74) is 1.05. The van der Waals surface area contributed by atoms with Crippen LogP contribution in [0, 0.1) is 0 Å². The van der Waals surface area contributed by atoms with Gasteiger partial charge in [-0.1, -0.05) is 11.6 Å². The normalized spacial score (nSPS) is 19.9. The van der Waals surface area contributed by atoms with E-state index in [-0.39, 0.29) is 6.10 Å². The Bertz CT molecular complexity index is 732. The maximum atomic E-state index is 10.3. The molecular formula is C16H22ClN5O2S. The molecule has 1 saturated heterocycles. The number of guanidine groups is 1. The zero-order chi connectivity index (χ0) is 17.8. The number of nitrogens with zero attached hydrogens (tertiary/aromatic N) is 4. The number of nitrogens with one attached hydrogen (secondary N) is 1. The summed E-state index contributed by atoms with van der Waals surface area (Å²) in [6, 6.07) is 3.63. The molecule has 136 valence electrons. The van der Waals surface area contributed by atoms with Gasteiger partial charge in [0.05, 0.1) is 23.7 Å². The number of aryl methyl sites for hydroxylation is 1. The lowest BCUT2D eigenvalue weighted by Crippen LogP contribution is -2.48. The number of aliphatic imine (C=N–C) groups is 1. The molecule has 2 aromatic rings. The van der Waals surface area contributed by atoms with E-state index in [1.165, 1.54) is 11.3 Å². The SMILES string of the molecule is CN=C(NCC(O)c1ccc(Cl)s1)N1CCOC(c2cnn(C)c2)C1. The average Bonchev–Trinajstić information content (AvgIpc) is 3.24. The van der Waals surface area contributed by atoms with E-state index in [9.17, 15) is 5.11 Å². The predicted molar refractivity (Wildman–Crippen MR) is 99.1 cm³/mol. The topological polar surface area (TPSA) is 74.9 Å². The molecule has 2 aromatic heterocycles. The summed E-state index contributed by atoms with van der Waals surface area (Å²) in [5.74, 6) is 0.749. The molecule has 2 atom stereocenters. The molecule has 0 aromatic carbocycles. The quantitative estimate of drug-likeness (QED) is 0.622. The molecule has 25 heavy (non-hydrogen) atoms. The van der Waals surface area contributed by atoms with Crippen molar-refractivity contribution in [2.24, 2.45) is 12.0 Å². The number of hydrogen-bond donors (Lipinski definition) is 2. The number of morpholine rings is 1. The molecule has 1 aliphatic heterocycles. The van der Waals surface area contributed by atoms with Crippen LogP contribution in [0.25, 0.3) is 0 Å². The van der Waals surface area contributed by atoms with Crippen molar-refractivity contribution in [3.63, 3.8) is 0 Å². The second-order valence-electron chi connectivity index (χ2n) is 5.84. The summed E-state index contributed by atoms with van der Waals surface area (Å²) in [4.78, 5) is 7.31. The smallest absolute Gasteiger partial charge is 0.193 e. The van der Waals surface area contributed by atoms with Crippen molar-refractivity contribution in [2.45, 2.75) is 12.2 Å². The number of aliphatic hydroxyl groups is 1. The van der Waals surface area contributed by atoms with Crippen LogP contribution in [0.1, 0.15) is 22.6 Å². The Labute approximate surface area is 155 Å². The standard InChI is InChI=1S/C16H22ClN5O2S/c1-18-16(19-8-12(23)14-3-4-15(17)25-14)22-5-6-24-13(10-22)11-7-20-21(2)9-11/h3-4,7,9,12-13,23H,5-6,8,10H2,1-2H3,(H,18,19). The molecule has 2 unspecified atom stereocenters. The van der Waals surface area contributed by atoms with Gasteiger partial charge in [-0.15, -0.1) is 11.3 Å². The number of hydrogen-bond acceptors (Lipinski definition) is 5. The van der Waals surface area contributed by atoms with Crippen molar-refractivity contribution >= 4 is 28.9 Å². The van der Waals surface area contributed by atoms with Crippen molar-refractivity contribution in [3.8, 4) is 0 Å². The molecule has 0 saturated carbocycles. The van der Waals surface area contributed by atoms with E-state index in [0.29, 0.717) is 24.0 Å². The Morgan fingerprint density at radius 2 is 2.44 bits per heavy atom. The highest BCUT2D eigenvalue weighted by Crippen LogP contribution is 2.26. The van der Waals surface area contributed by atoms with Gasteiger partial charge >= 0.3 is 0 Å². The van der Waals surface area contributed by atoms with Crippen molar-refractivity contribution < 1.29 is 9.84 Å². The molecule has 0 bridgehead atoms. The van der Waals surface area contributed by atoms with Gasteiger partial charge in [0.2, 0.25) is 0 Å². The van der Waals surface area contributed by atoms with Gasteiger partial charge in [0.25, 0.3) is 0 Å². The lowest BCUT2D eigenvalue weighted by atomic mass is 10.1. The second kappa shape index (κ2) is 8.18. The highest BCUT2D eigenvalue weighted by molar-refractivity contribution is 7.16. The van der Waals surface area contributed by atoms with Crippen LogP contribution < -0.4 is 5.32 Å². The molecule has 0 amide bonds. The molecule has 0 radical (unpaired) electrons. The summed E-state index contributed by atoms with van der Waals surface area (Å²) in [6.07, 6.45) is 3.13. The molecule has 1 fully saturated rings. The third-order valence-electron chi connectivity index (χ3n) is 4.05. The van der Waals surface area contributed by atoms with E-state index < -0.39 is 6.10 Å². The third-order valence-corrected chi connectivity index (χ3v) is 5.38. The van der Waals surface area contributed by atoms with Crippen LogP contribution in [-0.4, -0.2) is 59.0 Å². The zero-order valence-corrected chi connectivity index (χ0v) is 15.8. The van der Waals surface area contributed by atoms with Crippen LogP contribution in [0.4, 0.5) is 0 Å². The van der Waals surface area contributed by atoms with Gasteiger partial charge in [0.1, 0.15) is 12.2 Å². The summed E-state index contributed by atoms with van der Waals surface area (Å²) in [7, 11) is 3.63. The van der Waals surface area contributed by atoms with Gasteiger partial charge < -0.3 is 20.1 Å². The summed E-state index contributed by atoms with van der Waals surface area (Å²) >= 11 is 7.31. The number of aromatic nitrogens is 2. The highest BCUT2D eigenvalue weighted by atomic mass is 35.5. The number of halogens is 1. The Morgan fingerprint density at radius 1 is 1.60 bits per heavy atom. The van der Waals surface area contributed by atoms with Crippen LogP contribution in [0.2, 0.25) is 4.34 Å². The fourth-order valence-electron chi connectivity index (χ4n) is 2.78. The van der Waals surface area contributed by atoms with Crippen LogP contribution >= 0.6 is 22.9 Å². The molecule has 3 heterocycles. The first-order valence-corrected chi connectivity index (χ1v) is 9.25.